The molecule has 12 heteroatoms. The van der Waals surface area contributed by atoms with Gasteiger partial charge in [0.2, 0.25) is 0 Å². The number of hydrogen-bond donors (Lipinski definition) is 2. The lowest BCUT2D eigenvalue weighted by molar-refractivity contribution is -0.119. The van der Waals surface area contributed by atoms with E-state index in [1.54, 1.807) is 85.8 Å². The second-order valence-corrected chi connectivity index (χ2v) is 11.6. The average molecular weight is 626 g/mol. The van der Waals surface area contributed by atoms with Crippen LogP contribution in [0.25, 0.3) is 0 Å². The molecule has 0 aliphatic carbocycles. The minimum Gasteiger partial charge on any atom is -0.484 e. The van der Waals surface area contributed by atoms with E-state index in [4.69, 9.17) is 27.9 Å². The van der Waals surface area contributed by atoms with Crippen LogP contribution in [0.2, 0.25) is 10.0 Å². The van der Waals surface area contributed by atoms with Crippen molar-refractivity contribution in [3.63, 3.8) is 0 Å². The quantitative estimate of drug-likeness (QED) is 0.165. The molecule has 2 N–H and O–H groups in total. The number of ether oxygens (including phenoxy) is 1. The molecule has 216 valence electrons. The number of benzene rings is 4. The number of hydrogen-bond acceptors (Lipinski definition) is 6. The summed E-state index contributed by atoms with van der Waals surface area (Å²) in [5.74, 6) is -0.580. The molecule has 4 rings (SSSR count). The Bertz CT molecular complexity index is 1700. The van der Waals surface area contributed by atoms with Crippen molar-refractivity contribution in [2.45, 2.75) is 11.8 Å². The van der Waals surface area contributed by atoms with Crippen molar-refractivity contribution < 1.29 is 22.7 Å². The first-order chi connectivity index (χ1) is 20.1. The Morgan fingerprint density at radius 2 is 1.57 bits per heavy atom. The first-order valence-corrected chi connectivity index (χ1v) is 14.8. The summed E-state index contributed by atoms with van der Waals surface area (Å²) in [5.41, 5.74) is 4.48. The van der Waals surface area contributed by atoms with Gasteiger partial charge < -0.3 is 10.1 Å². The Balaban J connectivity index is 1.36. The number of halogens is 2. The first-order valence-electron chi connectivity index (χ1n) is 12.6. The average Bonchev–Trinajstić information content (AvgIpc) is 2.98. The maximum Gasteiger partial charge on any atom is 0.264 e. The molecule has 0 aliphatic heterocycles. The minimum atomic E-state index is -4.08. The summed E-state index contributed by atoms with van der Waals surface area (Å²) in [6, 6.07) is 26.1. The maximum absolute atomic E-state index is 13.4. The molecule has 0 radical (unpaired) electrons. The molecular weight excluding hydrogens is 599 g/mol. The standard InChI is InChI=1S/C30H26Cl2N4O5S/c1-21-11-14-23(17-27(21)32)36(42(39,40)25-7-3-2-4-8-25)19-29(37)35-33-18-22-12-15-24(16-13-22)41-20-30(38)34-28-10-6-5-9-26(28)31/h2-18H,19-20H2,1H3,(H,34,38)(H,35,37)/b33-18-. The third kappa shape index (κ3) is 8.10. The smallest absolute Gasteiger partial charge is 0.264 e. The zero-order valence-electron chi connectivity index (χ0n) is 22.3. The molecule has 2 amide bonds. The van der Waals surface area contributed by atoms with Gasteiger partial charge in [-0.2, -0.15) is 5.10 Å². The fourth-order valence-electron chi connectivity index (χ4n) is 3.66. The Morgan fingerprint density at radius 3 is 2.26 bits per heavy atom. The SMILES string of the molecule is Cc1ccc(N(CC(=O)N/N=C\c2ccc(OCC(=O)Nc3ccccc3Cl)cc2)S(=O)(=O)c2ccccc2)cc1Cl. The predicted octanol–water partition coefficient (Wildman–Crippen LogP) is 5.66. The van der Waals surface area contributed by atoms with Crippen LogP contribution in [-0.2, 0) is 19.6 Å². The largest absolute Gasteiger partial charge is 0.484 e. The Hall–Kier alpha value is -4.38. The van der Waals surface area contributed by atoms with Gasteiger partial charge in [0.05, 0.1) is 27.5 Å². The number of hydrazone groups is 1. The second-order valence-electron chi connectivity index (χ2n) is 8.94. The van der Waals surface area contributed by atoms with Crippen molar-refractivity contribution in [1.82, 2.24) is 5.43 Å². The van der Waals surface area contributed by atoms with Crippen LogP contribution in [0.1, 0.15) is 11.1 Å². The maximum atomic E-state index is 13.4. The van der Waals surface area contributed by atoms with E-state index in [0.29, 0.717) is 27.0 Å². The van der Waals surface area contributed by atoms with Crippen molar-refractivity contribution in [1.29, 1.82) is 0 Å². The van der Waals surface area contributed by atoms with Crippen LogP contribution >= 0.6 is 23.2 Å². The van der Waals surface area contributed by atoms with E-state index in [2.05, 4.69) is 15.8 Å². The third-order valence-corrected chi connectivity index (χ3v) is 8.39. The van der Waals surface area contributed by atoms with Crippen LogP contribution < -0.4 is 19.8 Å². The summed E-state index contributed by atoms with van der Waals surface area (Å²) in [6.45, 7) is 1.04. The zero-order valence-corrected chi connectivity index (χ0v) is 24.7. The fourth-order valence-corrected chi connectivity index (χ4v) is 5.46. The molecule has 0 unspecified atom stereocenters. The molecule has 0 aromatic heterocycles. The first kappa shape index (κ1) is 30.6. The highest BCUT2D eigenvalue weighted by Crippen LogP contribution is 2.28. The van der Waals surface area contributed by atoms with E-state index in [0.717, 1.165) is 9.87 Å². The number of rotatable bonds is 11. The number of carbonyl (C=O) groups is 2. The Kier molecular flexibility index (Phi) is 10.2. The van der Waals surface area contributed by atoms with Gasteiger partial charge in [0.15, 0.2) is 6.61 Å². The molecule has 0 saturated carbocycles. The summed E-state index contributed by atoms with van der Waals surface area (Å²) < 4.78 is 33.3. The van der Waals surface area contributed by atoms with Crippen molar-refractivity contribution in [3.05, 3.63) is 118 Å². The Labute approximate surface area is 253 Å². The third-order valence-electron chi connectivity index (χ3n) is 5.86. The number of nitrogens with zero attached hydrogens (tertiary/aromatic N) is 2. The summed E-state index contributed by atoms with van der Waals surface area (Å²) in [5, 5.41) is 7.41. The molecule has 9 nitrogen and oxygen atoms in total. The van der Waals surface area contributed by atoms with E-state index in [-0.39, 0.29) is 23.1 Å². The highest BCUT2D eigenvalue weighted by Gasteiger charge is 2.27. The van der Waals surface area contributed by atoms with E-state index in [1.165, 1.54) is 24.4 Å². The van der Waals surface area contributed by atoms with Gasteiger partial charge in [-0.05, 0) is 78.7 Å². The Morgan fingerprint density at radius 1 is 0.881 bits per heavy atom. The summed E-state index contributed by atoms with van der Waals surface area (Å²) >= 11 is 12.3. The van der Waals surface area contributed by atoms with Crippen molar-refractivity contribution >= 4 is 62.6 Å². The number of nitrogens with one attached hydrogen (secondary N) is 2. The lowest BCUT2D eigenvalue weighted by Gasteiger charge is -2.24. The molecule has 0 atom stereocenters. The van der Waals surface area contributed by atoms with Gasteiger partial charge >= 0.3 is 0 Å². The van der Waals surface area contributed by atoms with Gasteiger partial charge in [0.25, 0.3) is 21.8 Å². The van der Waals surface area contributed by atoms with Crippen molar-refractivity contribution in [2.24, 2.45) is 5.10 Å². The van der Waals surface area contributed by atoms with Crippen LogP contribution in [0.3, 0.4) is 0 Å². The van der Waals surface area contributed by atoms with Gasteiger partial charge in [0.1, 0.15) is 12.3 Å². The molecule has 4 aromatic rings. The lowest BCUT2D eigenvalue weighted by atomic mass is 10.2. The van der Waals surface area contributed by atoms with E-state index in [9.17, 15) is 18.0 Å². The second kappa shape index (κ2) is 14.0. The molecule has 0 saturated heterocycles. The molecule has 0 aliphatic rings. The topological polar surface area (TPSA) is 117 Å². The van der Waals surface area contributed by atoms with Gasteiger partial charge in [-0.1, -0.05) is 59.6 Å². The summed E-state index contributed by atoms with van der Waals surface area (Å²) in [6.07, 6.45) is 1.39. The van der Waals surface area contributed by atoms with Crippen molar-refractivity contribution in [2.75, 3.05) is 22.8 Å². The molecule has 0 fully saturated rings. The van der Waals surface area contributed by atoms with Crippen LogP contribution in [-0.4, -0.2) is 39.6 Å². The van der Waals surface area contributed by atoms with Gasteiger partial charge in [-0.25, -0.2) is 13.8 Å². The lowest BCUT2D eigenvalue weighted by Crippen LogP contribution is -2.39. The van der Waals surface area contributed by atoms with Gasteiger partial charge in [0, 0.05) is 5.02 Å². The number of aryl methyl sites for hydroxylation is 1. The minimum absolute atomic E-state index is 0.0293. The molecule has 4 aromatic carbocycles. The normalized spacial score (nSPS) is 11.2. The number of para-hydroxylation sites is 1. The fraction of sp³-hybridized carbons (Fsp3) is 0.100. The number of amides is 2. The summed E-state index contributed by atoms with van der Waals surface area (Å²) in [4.78, 5) is 24.9. The number of sulfonamides is 1. The van der Waals surface area contributed by atoms with Crippen LogP contribution in [0.5, 0.6) is 5.75 Å². The van der Waals surface area contributed by atoms with Gasteiger partial charge in [-0.15, -0.1) is 0 Å². The zero-order chi connectivity index (χ0) is 30.1. The van der Waals surface area contributed by atoms with Crippen LogP contribution in [0.15, 0.2) is 107 Å². The molecule has 42 heavy (non-hydrogen) atoms. The summed E-state index contributed by atoms with van der Waals surface area (Å²) in [7, 11) is -4.08. The van der Waals surface area contributed by atoms with E-state index >= 15 is 0 Å². The monoisotopic (exact) mass is 624 g/mol. The highest BCUT2D eigenvalue weighted by molar-refractivity contribution is 7.92. The predicted molar refractivity (Wildman–Crippen MR) is 165 cm³/mol. The molecule has 0 heterocycles. The van der Waals surface area contributed by atoms with Crippen molar-refractivity contribution in [3.8, 4) is 5.75 Å². The van der Waals surface area contributed by atoms with E-state index in [1.807, 2.05) is 0 Å². The molecule has 0 bridgehead atoms. The van der Waals surface area contributed by atoms with Crippen LogP contribution in [0.4, 0.5) is 11.4 Å². The number of anilines is 2. The highest BCUT2D eigenvalue weighted by atomic mass is 35.5. The molecular formula is C30H26Cl2N4O5S. The van der Waals surface area contributed by atoms with Gasteiger partial charge in [-0.3, -0.25) is 13.9 Å². The number of carbonyl (C=O) groups excluding carboxylic acids is 2. The van der Waals surface area contributed by atoms with E-state index < -0.39 is 22.5 Å². The van der Waals surface area contributed by atoms with Crippen LogP contribution in [0, 0.1) is 6.92 Å². The molecule has 0 spiro atoms.